The first-order chi connectivity index (χ1) is 8.54. The van der Waals surface area contributed by atoms with E-state index in [1.165, 1.54) is 0 Å². The van der Waals surface area contributed by atoms with Crippen molar-refractivity contribution < 1.29 is 14.7 Å². The van der Waals surface area contributed by atoms with Crippen LogP contribution >= 0.6 is 0 Å². The molecular formula is C14H28N2O3. The van der Waals surface area contributed by atoms with Gasteiger partial charge in [0.2, 0.25) is 5.91 Å². The zero-order valence-electron chi connectivity index (χ0n) is 13.0. The molecule has 0 fully saturated rings. The maximum absolute atomic E-state index is 12.1. The van der Waals surface area contributed by atoms with Crippen LogP contribution in [0.4, 0.5) is 0 Å². The lowest BCUT2D eigenvalue weighted by molar-refractivity contribution is -0.137. The molecule has 5 heteroatoms. The number of carboxylic acids is 1. The smallest absolute Gasteiger partial charge is 0.303 e. The maximum atomic E-state index is 12.1. The Kier molecular flexibility index (Phi) is 7.05. The van der Waals surface area contributed by atoms with Gasteiger partial charge in [-0.3, -0.25) is 14.5 Å². The van der Waals surface area contributed by atoms with Crippen LogP contribution in [0.3, 0.4) is 0 Å². The number of hydrogen-bond acceptors (Lipinski definition) is 3. The summed E-state index contributed by atoms with van der Waals surface area (Å²) < 4.78 is 0. The Morgan fingerprint density at radius 3 is 2.11 bits per heavy atom. The lowest BCUT2D eigenvalue weighted by Crippen LogP contribution is -2.53. The average Bonchev–Trinajstić information content (AvgIpc) is 2.20. The second-order valence-corrected chi connectivity index (χ2v) is 6.24. The first-order valence-corrected chi connectivity index (χ1v) is 6.84. The number of carboxylic acid groups (broad SMARTS) is 1. The molecule has 0 rings (SSSR count). The van der Waals surface area contributed by atoms with Gasteiger partial charge in [0.05, 0.1) is 6.04 Å². The van der Waals surface area contributed by atoms with E-state index in [0.29, 0.717) is 13.0 Å². The topological polar surface area (TPSA) is 69.6 Å². The van der Waals surface area contributed by atoms with Crippen molar-refractivity contribution in [3.63, 3.8) is 0 Å². The number of aliphatic carboxylic acids is 1. The van der Waals surface area contributed by atoms with Gasteiger partial charge in [-0.1, -0.05) is 0 Å². The summed E-state index contributed by atoms with van der Waals surface area (Å²) in [4.78, 5) is 24.7. The van der Waals surface area contributed by atoms with Crippen molar-refractivity contribution >= 4 is 11.9 Å². The van der Waals surface area contributed by atoms with Crippen LogP contribution in [0, 0.1) is 0 Å². The molecular weight excluding hydrogens is 244 g/mol. The summed E-state index contributed by atoms with van der Waals surface area (Å²) in [6.45, 7) is 12.3. The Morgan fingerprint density at radius 2 is 1.74 bits per heavy atom. The minimum Gasteiger partial charge on any atom is -0.481 e. The van der Waals surface area contributed by atoms with Crippen molar-refractivity contribution in [1.82, 2.24) is 10.2 Å². The molecule has 0 heterocycles. The van der Waals surface area contributed by atoms with E-state index >= 15 is 0 Å². The third-order valence-corrected chi connectivity index (χ3v) is 2.85. The van der Waals surface area contributed by atoms with Crippen LogP contribution in [-0.4, -0.2) is 46.1 Å². The fourth-order valence-corrected chi connectivity index (χ4v) is 1.94. The standard InChI is InChI=1S/C14H28N2O3/c1-10(2)16(9-7-8-12(17)18)11(3)13(19)15-14(4,5)6/h10-11H,7-9H2,1-6H3,(H,15,19)(H,17,18). The first-order valence-electron chi connectivity index (χ1n) is 6.84. The van der Waals surface area contributed by atoms with Crippen LogP contribution in [0.25, 0.3) is 0 Å². The maximum Gasteiger partial charge on any atom is 0.303 e. The Balaban J connectivity index is 4.52. The van der Waals surface area contributed by atoms with Crippen LogP contribution < -0.4 is 5.32 Å². The Morgan fingerprint density at radius 1 is 1.21 bits per heavy atom. The molecule has 1 amide bonds. The quantitative estimate of drug-likeness (QED) is 0.742. The van der Waals surface area contributed by atoms with Crippen LogP contribution in [0.1, 0.15) is 54.4 Å². The van der Waals surface area contributed by atoms with Crippen molar-refractivity contribution in [2.45, 2.75) is 72.0 Å². The van der Waals surface area contributed by atoms with Gasteiger partial charge in [-0.15, -0.1) is 0 Å². The van der Waals surface area contributed by atoms with Crippen LogP contribution in [0.2, 0.25) is 0 Å². The number of rotatable bonds is 7. The van der Waals surface area contributed by atoms with Gasteiger partial charge in [-0.25, -0.2) is 0 Å². The zero-order chi connectivity index (χ0) is 15.2. The molecule has 0 saturated heterocycles. The Hall–Kier alpha value is -1.10. The predicted molar refractivity (Wildman–Crippen MR) is 76.1 cm³/mol. The van der Waals surface area contributed by atoms with Crippen LogP contribution in [0.5, 0.6) is 0 Å². The molecule has 0 aliphatic heterocycles. The molecule has 0 radical (unpaired) electrons. The molecule has 0 aliphatic carbocycles. The summed E-state index contributed by atoms with van der Waals surface area (Å²) in [5, 5.41) is 11.6. The molecule has 0 spiro atoms. The minimum atomic E-state index is -0.796. The second-order valence-electron chi connectivity index (χ2n) is 6.24. The summed E-state index contributed by atoms with van der Waals surface area (Å²) >= 11 is 0. The molecule has 5 nitrogen and oxygen atoms in total. The number of carbonyl (C=O) groups is 2. The van der Waals surface area contributed by atoms with Crippen molar-refractivity contribution in [2.75, 3.05) is 6.54 Å². The van der Waals surface area contributed by atoms with Gasteiger partial charge >= 0.3 is 5.97 Å². The van der Waals surface area contributed by atoms with Crippen molar-refractivity contribution in [3.8, 4) is 0 Å². The van der Waals surface area contributed by atoms with Gasteiger partial charge in [-0.2, -0.15) is 0 Å². The zero-order valence-corrected chi connectivity index (χ0v) is 13.0. The van der Waals surface area contributed by atoms with Gasteiger partial charge < -0.3 is 10.4 Å². The molecule has 0 aromatic carbocycles. The van der Waals surface area contributed by atoms with Gasteiger partial charge in [0.1, 0.15) is 0 Å². The first kappa shape index (κ1) is 17.9. The largest absolute Gasteiger partial charge is 0.481 e. The summed E-state index contributed by atoms with van der Waals surface area (Å²) in [5.74, 6) is -0.813. The molecule has 1 atom stereocenters. The molecule has 0 saturated carbocycles. The number of hydrogen-bond donors (Lipinski definition) is 2. The van der Waals surface area contributed by atoms with E-state index in [-0.39, 0.29) is 30.0 Å². The molecule has 1 unspecified atom stereocenters. The number of nitrogens with zero attached hydrogens (tertiary/aromatic N) is 1. The van der Waals surface area contributed by atoms with Crippen LogP contribution in [0.15, 0.2) is 0 Å². The highest BCUT2D eigenvalue weighted by Gasteiger charge is 2.26. The van der Waals surface area contributed by atoms with Crippen molar-refractivity contribution in [1.29, 1.82) is 0 Å². The van der Waals surface area contributed by atoms with Crippen molar-refractivity contribution in [2.24, 2.45) is 0 Å². The Bertz CT molecular complexity index is 308. The van der Waals surface area contributed by atoms with E-state index in [1.54, 1.807) is 0 Å². The fraction of sp³-hybridized carbons (Fsp3) is 0.857. The van der Waals surface area contributed by atoms with Gasteiger partial charge in [0.25, 0.3) is 0 Å². The number of carbonyl (C=O) groups excluding carboxylic acids is 1. The van der Waals surface area contributed by atoms with Crippen LogP contribution in [-0.2, 0) is 9.59 Å². The van der Waals surface area contributed by atoms with E-state index in [2.05, 4.69) is 5.32 Å². The third-order valence-electron chi connectivity index (χ3n) is 2.85. The van der Waals surface area contributed by atoms with Gasteiger partial charge in [0, 0.05) is 18.0 Å². The number of nitrogens with one attached hydrogen (secondary N) is 1. The predicted octanol–water partition coefficient (Wildman–Crippen LogP) is 1.86. The monoisotopic (exact) mass is 272 g/mol. The van der Waals surface area contributed by atoms with E-state index in [4.69, 9.17) is 5.11 Å². The lowest BCUT2D eigenvalue weighted by Gasteiger charge is -2.33. The van der Waals surface area contributed by atoms with E-state index < -0.39 is 5.97 Å². The van der Waals surface area contributed by atoms with Crippen molar-refractivity contribution in [3.05, 3.63) is 0 Å². The highest BCUT2D eigenvalue weighted by atomic mass is 16.4. The fourth-order valence-electron chi connectivity index (χ4n) is 1.94. The lowest BCUT2D eigenvalue weighted by atomic mass is 10.1. The molecule has 0 aromatic rings. The summed E-state index contributed by atoms with van der Waals surface area (Å²) in [6, 6.07) is -0.0532. The SMILES string of the molecule is CC(C)N(CCCC(=O)O)C(C)C(=O)NC(C)(C)C. The molecule has 0 bridgehead atoms. The molecule has 2 N–H and O–H groups in total. The average molecular weight is 272 g/mol. The summed E-state index contributed by atoms with van der Waals surface area (Å²) in [6.07, 6.45) is 0.692. The van der Waals surface area contributed by atoms with Gasteiger partial charge in [0.15, 0.2) is 0 Å². The van der Waals surface area contributed by atoms with E-state index in [9.17, 15) is 9.59 Å². The molecule has 0 aromatic heterocycles. The van der Waals surface area contributed by atoms with Gasteiger partial charge in [-0.05, 0) is 54.5 Å². The number of amides is 1. The summed E-state index contributed by atoms with van der Waals surface area (Å²) in [5.41, 5.74) is -0.255. The molecule has 0 aliphatic rings. The third kappa shape index (κ3) is 7.82. The highest BCUT2D eigenvalue weighted by Crippen LogP contribution is 2.10. The highest BCUT2D eigenvalue weighted by molar-refractivity contribution is 5.82. The normalized spacial score (nSPS) is 13.7. The second kappa shape index (κ2) is 7.48. The van der Waals surface area contributed by atoms with E-state index in [0.717, 1.165) is 0 Å². The minimum absolute atomic E-state index is 0.0171. The summed E-state index contributed by atoms with van der Waals surface area (Å²) in [7, 11) is 0. The van der Waals surface area contributed by atoms with E-state index in [1.807, 2.05) is 46.4 Å². The Labute approximate surface area is 116 Å². The molecule has 19 heavy (non-hydrogen) atoms. The molecule has 112 valence electrons.